The SMILES string of the molecule is C=CC[C@@]1(C)CN(C(=O)c2ccccc2)CCO1.C=CC[C@]1(C)CCCCN(C(=O)c2ccc(OC)cc2)C1.C=CC[C@]1(C)CCCN(C(=O)c2ccc3ccccc3c2)C1.C=CC[C@]1(C)CCCN(C(=O)c2cccc3ccccc23)C1.C=CC[C@]1(C)CCN(C(=O)c2ccccc2)C1.C=CC[C@]1(Cc2ccc(C(F)(F)F)cc2)CCN(C(=O)c2ccccc2)C1.C=CC[C@]1(F)CCN(C(=O)c2ccccc2)C1. The molecule has 7 heterocycles. The lowest BCUT2D eigenvalue weighted by molar-refractivity contribution is -0.137. The number of allylic oxidation sites excluding steroid dienone is 6. The molecule has 20 heteroatoms. The molecule has 760 valence electrons. The summed E-state index contributed by atoms with van der Waals surface area (Å²) in [6.07, 6.45) is 25.2. The van der Waals surface area contributed by atoms with Crippen LogP contribution in [-0.4, -0.2) is 192 Å². The van der Waals surface area contributed by atoms with Gasteiger partial charge in [-0.05, 0) is 261 Å². The lowest BCUT2D eigenvalue weighted by atomic mass is 9.78. The second-order valence-electron chi connectivity index (χ2n) is 41.3. The smallest absolute Gasteiger partial charge is 0.416 e. The van der Waals surface area contributed by atoms with E-state index in [1.807, 2.05) is 255 Å². The Morgan fingerprint density at radius 2 is 0.708 bits per heavy atom. The fourth-order valence-corrected chi connectivity index (χ4v) is 20.9. The minimum absolute atomic E-state index is 0.00560. The van der Waals surface area contributed by atoms with E-state index in [2.05, 4.69) is 98.0 Å². The molecule has 7 aliphatic rings. The fraction of sp³-hybridized carbons (Fsp3) is 0.379. The van der Waals surface area contributed by atoms with Gasteiger partial charge in [0.15, 0.2) is 0 Å². The molecule has 17 rings (SSSR count). The third kappa shape index (κ3) is 31.3. The van der Waals surface area contributed by atoms with E-state index >= 15 is 0 Å². The number of morpholine rings is 1. The van der Waals surface area contributed by atoms with E-state index in [-0.39, 0.29) is 80.6 Å². The zero-order valence-electron chi connectivity index (χ0n) is 85.4. The summed E-state index contributed by atoms with van der Waals surface area (Å²) in [7, 11) is 1.63. The highest BCUT2D eigenvalue weighted by molar-refractivity contribution is 6.07. The van der Waals surface area contributed by atoms with Crippen LogP contribution < -0.4 is 4.74 Å². The van der Waals surface area contributed by atoms with Crippen LogP contribution >= 0.6 is 0 Å². The number of alkyl halides is 4. The molecule has 0 bridgehead atoms. The molecule has 7 atom stereocenters. The van der Waals surface area contributed by atoms with Crippen molar-refractivity contribution in [2.75, 3.05) is 105 Å². The zero-order chi connectivity index (χ0) is 104. The molecule has 0 aliphatic carbocycles. The number of halogens is 4. The second kappa shape index (κ2) is 52.3. The molecule has 10 aromatic rings. The van der Waals surface area contributed by atoms with Crippen molar-refractivity contribution in [1.82, 2.24) is 34.3 Å². The summed E-state index contributed by atoms with van der Waals surface area (Å²) >= 11 is 0. The van der Waals surface area contributed by atoms with Crippen molar-refractivity contribution in [2.45, 2.75) is 168 Å². The van der Waals surface area contributed by atoms with Gasteiger partial charge in [0.1, 0.15) is 11.4 Å². The third-order valence-corrected chi connectivity index (χ3v) is 28.7. The predicted molar refractivity (Wildman–Crippen MR) is 576 cm³/mol. The average Bonchev–Trinajstić information content (AvgIpc) is 0.846. The number of piperidine rings is 2. The van der Waals surface area contributed by atoms with Gasteiger partial charge < -0.3 is 43.8 Å². The molecular formula is C124H147F4N7O9. The van der Waals surface area contributed by atoms with Crippen LogP contribution in [0.1, 0.15) is 227 Å². The van der Waals surface area contributed by atoms with Crippen molar-refractivity contribution in [3.05, 3.63) is 393 Å². The van der Waals surface area contributed by atoms with Gasteiger partial charge in [0.25, 0.3) is 41.4 Å². The van der Waals surface area contributed by atoms with Gasteiger partial charge in [0.05, 0.1) is 38.0 Å². The summed E-state index contributed by atoms with van der Waals surface area (Å²) in [5.41, 5.74) is 4.28. The number of benzene rings is 10. The number of amides is 7. The van der Waals surface area contributed by atoms with Crippen molar-refractivity contribution < 1.29 is 60.6 Å². The normalized spacial score (nSPS) is 22.2. The van der Waals surface area contributed by atoms with E-state index in [0.717, 1.165) is 190 Å². The molecule has 144 heavy (non-hydrogen) atoms. The van der Waals surface area contributed by atoms with Gasteiger partial charge in [-0.1, -0.05) is 228 Å². The molecule has 0 saturated carbocycles. The highest BCUT2D eigenvalue weighted by atomic mass is 19.4. The van der Waals surface area contributed by atoms with Crippen LogP contribution in [0.2, 0.25) is 0 Å². The van der Waals surface area contributed by atoms with E-state index in [4.69, 9.17) is 9.47 Å². The number of likely N-dealkylation sites (tertiary alicyclic amines) is 6. The highest BCUT2D eigenvalue weighted by Gasteiger charge is 2.44. The van der Waals surface area contributed by atoms with Crippen LogP contribution in [-0.2, 0) is 17.3 Å². The molecular weight excluding hydrogens is 1810 g/mol. The number of hydrogen-bond donors (Lipinski definition) is 0. The molecule has 16 nitrogen and oxygen atoms in total. The number of carbonyl (C=O) groups excluding carboxylic acids is 7. The number of ether oxygens (including phenoxy) is 2. The zero-order valence-corrected chi connectivity index (χ0v) is 85.4. The van der Waals surface area contributed by atoms with E-state index < -0.39 is 17.4 Å². The van der Waals surface area contributed by atoms with Gasteiger partial charge in [-0.15, -0.1) is 46.1 Å². The first-order chi connectivity index (χ1) is 69.1. The Kier molecular flexibility index (Phi) is 40.3. The van der Waals surface area contributed by atoms with Crippen LogP contribution in [0, 0.1) is 27.1 Å². The van der Waals surface area contributed by atoms with Crippen molar-refractivity contribution in [3.63, 3.8) is 0 Å². The molecule has 10 aromatic carbocycles. The third-order valence-electron chi connectivity index (χ3n) is 28.7. The van der Waals surface area contributed by atoms with Crippen molar-refractivity contribution in [3.8, 4) is 5.75 Å². The quantitative estimate of drug-likeness (QED) is 0.0424. The Balaban J connectivity index is 0.000000161. The number of methoxy groups -OCH3 is 1. The largest absolute Gasteiger partial charge is 0.497 e. The molecule has 7 fully saturated rings. The summed E-state index contributed by atoms with van der Waals surface area (Å²) < 4.78 is 63.4. The van der Waals surface area contributed by atoms with E-state index in [1.54, 1.807) is 42.4 Å². The number of fused-ring (bicyclic) bond motifs is 2. The fourth-order valence-electron chi connectivity index (χ4n) is 20.9. The van der Waals surface area contributed by atoms with Crippen molar-refractivity contribution in [1.29, 1.82) is 0 Å². The molecule has 0 radical (unpaired) electrons. The average molecular weight is 1960 g/mol. The minimum atomic E-state index is -4.33. The summed E-state index contributed by atoms with van der Waals surface area (Å²) in [6, 6.07) is 78.0. The molecule has 7 amide bonds. The van der Waals surface area contributed by atoms with Gasteiger partial charge in [-0.3, -0.25) is 33.6 Å². The number of rotatable bonds is 24. The molecule has 7 aliphatic heterocycles. The summed E-state index contributed by atoms with van der Waals surface area (Å²) in [6.45, 7) is 48.0. The molecule has 7 saturated heterocycles. The van der Waals surface area contributed by atoms with Crippen LogP contribution in [0.4, 0.5) is 17.6 Å². The van der Waals surface area contributed by atoms with Crippen molar-refractivity contribution in [2.24, 2.45) is 27.1 Å². The van der Waals surface area contributed by atoms with E-state index in [1.165, 1.54) is 36.8 Å². The Morgan fingerprint density at radius 3 is 1.19 bits per heavy atom. The maximum Gasteiger partial charge on any atom is 0.416 e. The Morgan fingerprint density at radius 1 is 0.333 bits per heavy atom. The highest BCUT2D eigenvalue weighted by Crippen LogP contribution is 2.43. The number of nitrogens with zero attached hydrogens (tertiary/aromatic N) is 7. The monoisotopic (exact) mass is 1950 g/mol. The Labute approximate surface area is 852 Å². The van der Waals surface area contributed by atoms with Gasteiger partial charge in [-0.25, -0.2) is 4.39 Å². The van der Waals surface area contributed by atoms with Gasteiger partial charge in [-0.2, -0.15) is 13.2 Å². The van der Waals surface area contributed by atoms with Crippen LogP contribution in [0.5, 0.6) is 5.75 Å². The Hall–Kier alpha value is -13.3. The lowest BCUT2D eigenvalue weighted by Gasteiger charge is -2.40. The van der Waals surface area contributed by atoms with Crippen LogP contribution in [0.25, 0.3) is 21.5 Å². The first kappa shape index (κ1) is 111. The second-order valence-corrected chi connectivity index (χ2v) is 41.3. The van der Waals surface area contributed by atoms with Gasteiger partial charge in [0, 0.05) is 130 Å². The summed E-state index contributed by atoms with van der Waals surface area (Å²) in [5.74, 6) is 1.34. The van der Waals surface area contributed by atoms with E-state index in [9.17, 15) is 51.1 Å². The maximum atomic E-state index is 14.2. The predicted octanol–water partition coefficient (Wildman–Crippen LogP) is 27.0. The van der Waals surface area contributed by atoms with Crippen LogP contribution in [0.15, 0.2) is 343 Å². The molecule has 0 unspecified atom stereocenters. The van der Waals surface area contributed by atoms with Crippen molar-refractivity contribution >= 4 is 62.9 Å². The maximum absolute atomic E-state index is 14.2. The first-order valence-electron chi connectivity index (χ1n) is 50.7. The van der Waals surface area contributed by atoms with Gasteiger partial charge in [0.2, 0.25) is 0 Å². The molecule has 0 N–H and O–H groups in total. The Bertz CT molecular complexity index is 5890. The topological polar surface area (TPSA) is 161 Å². The molecule has 0 spiro atoms. The standard InChI is InChI=1S/C22H22F3NO.2C20H23NO.C18H25NO2.C15H19NO2.C15H19NO.C14H16FNO/c1-2-12-21(15-17-8-10-19(11-9-17)22(23,24)25)13-14-26(16-21)20(27)18-6-4-3-5-7-18;1-3-12-20(2)13-7-14-21(15-20)19(22)18-11-6-9-16-8-4-5-10-17(16)18;1-3-11-20(2)12-6-13-21(15-20)19(22)18-10-9-16-7-4-5-8-17(16)14-18;1-4-11-18(2)12-5-6-13-19(14-18)17(20)15-7-9-16(21-3)10-8-15;1-3-9-15(2)12-16(10-11-18-15)14(17)13-7-5-4-6-8-13;1-3-9-15(2)10-11-16(12-15)14(17)13-7-5-4-6-8-13;1-2-8-14(15)9-10-16(11-14)13(17)12-6-4-3-5-7-12/h2-11H,1,12-16H2;3-6,8-11H,1,7,12-15H2,2H3;3-5,7-10,14H,1,6,11-13,15H2,2H3;4,7-10H,1,5-6,11-14H2,2-3H3;3-8H,1,9-12H2,2H3;3-8H,1,9-12H2,2H3;2-7H,1,8-11H2/t21-;2*20-;18-;2*15-;14-/m1111010/s1. The molecule has 0 aromatic heterocycles. The first-order valence-corrected chi connectivity index (χ1v) is 50.7. The van der Waals surface area contributed by atoms with E-state index in [0.29, 0.717) is 76.1 Å². The summed E-state index contributed by atoms with van der Waals surface area (Å²) in [4.78, 5) is 101. The number of hydrogen-bond acceptors (Lipinski definition) is 9. The number of carbonyl (C=O) groups is 7. The minimum Gasteiger partial charge on any atom is -0.497 e. The van der Waals surface area contributed by atoms with Gasteiger partial charge >= 0.3 is 6.18 Å². The summed E-state index contributed by atoms with van der Waals surface area (Å²) in [5, 5.41) is 4.47. The van der Waals surface area contributed by atoms with Crippen LogP contribution in [0.3, 0.4) is 0 Å². The lowest BCUT2D eigenvalue weighted by Crippen LogP contribution is -2.51.